The molecule has 2 aromatic heterocycles. The molecule has 0 saturated carbocycles. The topological polar surface area (TPSA) is 26.0 Å². The van der Waals surface area contributed by atoms with Crippen LogP contribution in [0, 0.1) is 0 Å². The van der Waals surface area contributed by atoms with E-state index in [9.17, 15) is 0 Å². The van der Waals surface area contributed by atoms with Gasteiger partial charge >= 0.3 is 0 Å². The average Bonchev–Trinajstić information content (AvgIpc) is 2.98. The van der Waals surface area contributed by atoms with Crippen molar-refractivity contribution in [3.8, 4) is 22.1 Å². The van der Waals surface area contributed by atoms with E-state index >= 15 is 0 Å². The second-order valence-electron chi connectivity index (χ2n) is 3.49. The minimum Gasteiger partial charge on any atom is -0.435 e. The Kier molecular flexibility index (Phi) is 2.71. The van der Waals surface area contributed by atoms with Crippen molar-refractivity contribution in [1.82, 2.24) is 4.98 Å². The molecule has 2 heterocycles. The van der Waals surface area contributed by atoms with Gasteiger partial charge in [-0.25, -0.2) is 4.98 Å². The first-order chi connectivity index (χ1) is 8.34. The summed E-state index contributed by atoms with van der Waals surface area (Å²) in [4.78, 5) is 5.18. The van der Waals surface area contributed by atoms with Gasteiger partial charge in [-0.1, -0.05) is 29.8 Å². The molecule has 0 atom stereocenters. The fraction of sp³-hybridized carbons (Fsp3) is 0. The fourth-order valence-corrected chi connectivity index (χ4v) is 2.66. The third-order valence-corrected chi connectivity index (χ3v) is 3.72. The van der Waals surface area contributed by atoms with E-state index in [1.54, 1.807) is 17.5 Å². The molecule has 0 amide bonds. The van der Waals surface area contributed by atoms with Crippen molar-refractivity contribution in [1.29, 1.82) is 0 Å². The van der Waals surface area contributed by atoms with Crippen LogP contribution in [0.4, 0.5) is 0 Å². The third-order valence-electron chi connectivity index (χ3n) is 2.37. The van der Waals surface area contributed by atoms with Gasteiger partial charge < -0.3 is 4.42 Å². The quantitative estimate of drug-likeness (QED) is 0.667. The first kappa shape index (κ1) is 10.6. The Morgan fingerprint density at radius 2 is 1.94 bits per heavy atom. The number of benzene rings is 1. The van der Waals surface area contributed by atoms with Gasteiger partial charge in [0.2, 0.25) is 5.89 Å². The van der Waals surface area contributed by atoms with Crippen molar-refractivity contribution in [3.05, 3.63) is 53.0 Å². The summed E-state index contributed by atoms with van der Waals surface area (Å²) in [6.07, 6.45) is 1.71. The average molecular weight is 262 g/mol. The number of rotatable bonds is 2. The van der Waals surface area contributed by atoms with E-state index in [1.165, 1.54) is 0 Å². The minimum atomic E-state index is 0.616. The van der Waals surface area contributed by atoms with Crippen molar-refractivity contribution in [2.75, 3.05) is 0 Å². The molecule has 4 heteroatoms. The van der Waals surface area contributed by atoms with Gasteiger partial charge in [0.25, 0.3) is 0 Å². The van der Waals surface area contributed by atoms with E-state index in [2.05, 4.69) is 4.98 Å². The van der Waals surface area contributed by atoms with E-state index in [4.69, 9.17) is 16.0 Å². The molecule has 0 saturated heterocycles. The van der Waals surface area contributed by atoms with Gasteiger partial charge in [0.1, 0.15) is 0 Å². The van der Waals surface area contributed by atoms with E-state index in [0.29, 0.717) is 16.7 Å². The Morgan fingerprint density at radius 1 is 1.12 bits per heavy atom. The van der Waals surface area contributed by atoms with Gasteiger partial charge in [0, 0.05) is 5.56 Å². The summed E-state index contributed by atoms with van der Waals surface area (Å²) in [6, 6.07) is 11.7. The van der Waals surface area contributed by atoms with Crippen LogP contribution in [0.5, 0.6) is 0 Å². The van der Waals surface area contributed by atoms with Crippen LogP contribution in [-0.4, -0.2) is 4.98 Å². The van der Waals surface area contributed by atoms with Crippen molar-refractivity contribution in [2.24, 2.45) is 0 Å². The summed E-state index contributed by atoms with van der Waals surface area (Å²) < 4.78 is 5.71. The molecule has 1 aromatic carbocycles. The molecule has 0 N–H and O–H groups in total. The lowest BCUT2D eigenvalue weighted by atomic mass is 10.2. The molecule has 0 aliphatic heterocycles. The summed E-state index contributed by atoms with van der Waals surface area (Å²) in [7, 11) is 0. The maximum atomic E-state index is 6.05. The number of thiophene rings is 1. The molecule has 3 rings (SSSR count). The van der Waals surface area contributed by atoms with E-state index in [-0.39, 0.29) is 0 Å². The summed E-state index contributed by atoms with van der Waals surface area (Å²) in [5, 5.41) is 2.63. The van der Waals surface area contributed by atoms with Crippen LogP contribution >= 0.6 is 22.9 Å². The van der Waals surface area contributed by atoms with E-state index in [0.717, 1.165) is 10.4 Å². The summed E-state index contributed by atoms with van der Waals surface area (Å²) in [5.74, 6) is 1.33. The van der Waals surface area contributed by atoms with Gasteiger partial charge in [-0.05, 0) is 23.6 Å². The maximum absolute atomic E-state index is 6.05. The molecule has 0 spiro atoms. The van der Waals surface area contributed by atoms with Crippen LogP contribution in [-0.2, 0) is 0 Å². The van der Waals surface area contributed by atoms with Crippen LogP contribution < -0.4 is 0 Å². The highest BCUT2D eigenvalue weighted by Crippen LogP contribution is 2.35. The molecule has 0 aliphatic rings. The molecular weight excluding hydrogens is 254 g/mol. The van der Waals surface area contributed by atoms with Crippen molar-refractivity contribution < 1.29 is 4.42 Å². The molecule has 84 valence electrons. The van der Waals surface area contributed by atoms with Crippen molar-refractivity contribution >= 4 is 22.9 Å². The number of halogens is 1. The van der Waals surface area contributed by atoms with Gasteiger partial charge in [-0.3, -0.25) is 0 Å². The van der Waals surface area contributed by atoms with Crippen molar-refractivity contribution in [2.45, 2.75) is 0 Å². The fourth-order valence-electron chi connectivity index (χ4n) is 1.56. The summed E-state index contributed by atoms with van der Waals surface area (Å²) in [5.41, 5.74) is 0.964. The van der Waals surface area contributed by atoms with Crippen LogP contribution in [0.15, 0.2) is 52.4 Å². The summed E-state index contributed by atoms with van der Waals surface area (Å²) >= 11 is 7.60. The van der Waals surface area contributed by atoms with Gasteiger partial charge in [-0.15, -0.1) is 11.3 Å². The lowest BCUT2D eigenvalue weighted by molar-refractivity contribution is 0.590. The molecule has 0 aliphatic carbocycles. The number of nitrogens with zero attached hydrogens (tertiary/aromatic N) is 1. The number of hydrogen-bond acceptors (Lipinski definition) is 3. The van der Waals surface area contributed by atoms with Crippen LogP contribution in [0.25, 0.3) is 22.1 Å². The maximum Gasteiger partial charge on any atom is 0.226 e. The van der Waals surface area contributed by atoms with Crippen LogP contribution in [0.1, 0.15) is 0 Å². The Hall–Kier alpha value is -1.58. The van der Waals surface area contributed by atoms with Gasteiger partial charge in [0.05, 0.1) is 16.1 Å². The Labute approximate surface area is 108 Å². The highest BCUT2D eigenvalue weighted by molar-refractivity contribution is 7.14. The van der Waals surface area contributed by atoms with Crippen LogP contribution in [0.2, 0.25) is 5.02 Å². The molecule has 0 fully saturated rings. The molecule has 3 aromatic rings. The second-order valence-corrected chi connectivity index (χ2v) is 4.82. The second kappa shape index (κ2) is 4.35. The zero-order chi connectivity index (χ0) is 11.7. The molecule has 0 bridgehead atoms. The van der Waals surface area contributed by atoms with Crippen LogP contribution in [0.3, 0.4) is 0 Å². The standard InChI is InChI=1S/C13H8ClNOS/c14-10-6-7-17-12(10)11-8-15-13(16-11)9-4-2-1-3-5-9/h1-8H. The predicted molar refractivity (Wildman–Crippen MR) is 70.3 cm³/mol. The van der Waals surface area contributed by atoms with E-state index in [1.807, 2.05) is 41.8 Å². The molecule has 0 radical (unpaired) electrons. The summed E-state index contributed by atoms with van der Waals surface area (Å²) in [6.45, 7) is 0. The molecule has 2 nitrogen and oxygen atoms in total. The predicted octanol–water partition coefficient (Wildman–Crippen LogP) is 4.72. The van der Waals surface area contributed by atoms with Gasteiger partial charge in [-0.2, -0.15) is 0 Å². The Bertz CT molecular complexity index is 630. The normalized spacial score (nSPS) is 10.6. The zero-order valence-electron chi connectivity index (χ0n) is 8.76. The zero-order valence-corrected chi connectivity index (χ0v) is 10.3. The van der Waals surface area contributed by atoms with E-state index < -0.39 is 0 Å². The molecular formula is C13H8ClNOS. The Balaban J connectivity index is 2.02. The smallest absolute Gasteiger partial charge is 0.226 e. The molecule has 17 heavy (non-hydrogen) atoms. The first-order valence-corrected chi connectivity index (χ1v) is 6.35. The largest absolute Gasteiger partial charge is 0.435 e. The monoisotopic (exact) mass is 261 g/mol. The first-order valence-electron chi connectivity index (χ1n) is 5.09. The highest BCUT2D eigenvalue weighted by atomic mass is 35.5. The lowest BCUT2D eigenvalue weighted by Crippen LogP contribution is -1.73. The highest BCUT2D eigenvalue weighted by Gasteiger charge is 2.11. The number of oxazole rings is 1. The number of aromatic nitrogens is 1. The number of hydrogen-bond donors (Lipinski definition) is 0. The Morgan fingerprint density at radius 3 is 2.65 bits per heavy atom. The molecule has 0 unspecified atom stereocenters. The van der Waals surface area contributed by atoms with Gasteiger partial charge in [0.15, 0.2) is 5.76 Å². The third kappa shape index (κ3) is 1.99. The van der Waals surface area contributed by atoms with Crippen molar-refractivity contribution in [3.63, 3.8) is 0 Å². The minimum absolute atomic E-state index is 0.616. The lowest BCUT2D eigenvalue weighted by Gasteiger charge is -1.94. The SMILES string of the molecule is Clc1ccsc1-c1cnc(-c2ccccc2)o1.